The number of carbonyl (C=O) groups excluding carboxylic acids is 1. The van der Waals surface area contributed by atoms with Crippen LogP contribution >= 0.6 is 11.8 Å². The van der Waals surface area contributed by atoms with Gasteiger partial charge in [-0.05, 0) is 17.8 Å². The molecule has 106 valence electrons. The van der Waals surface area contributed by atoms with Gasteiger partial charge in [0.2, 0.25) is 0 Å². The third-order valence-corrected chi connectivity index (χ3v) is 2.89. The smallest absolute Gasteiger partial charge is 0.434 e. The van der Waals surface area contributed by atoms with Gasteiger partial charge >= 0.3 is 12.1 Å². The van der Waals surface area contributed by atoms with Gasteiger partial charge in [-0.3, -0.25) is 4.79 Å². The zero-order valence-electron chi connectivity index (χ0n) is 9.63. The molecule has 1 aromatic rings. The van der Waals surface area contributed by atoms with E-state index in [1.165, 1.54) is 13.0 Å². The average molecular weight is 300 g/mol. The lowest BCUT2D eigenvalue weighted by Gasteiger charge is -2.15. The quantitative estimate of drug-likeness (QED) is 0.455. The summed E-state index contributed by atoms with van der Waals surface area (Å²) in [5, 5.41) is 0. The first-order chi connectivity index (χ1) is 8.74. The summed E-state index contributed by atoms with van der Waals surface area (Å²) in [6.45, 7) is -1.80. The molecule has 0 bridgehead atoms. The Balaban J connectivity index is 3.27. The molecule has 0 unspecified atom stereocenters. The summed E-state index contributed by atoms with van der Waals surface area (Å²) in [7, 11) is 0. The molecule has 1 aromatic carbocycles. The van der Waals surface area contributed by atoms with Gasteiger partial charge in [0.05, 0.1) is 4.90 Å². The van der Waals surface area contributed by atoms with Crippen molar-refractivity contribution in [3.8, 4) is 5.75 Å². The summed E-state index contributed by atoms with van der Waals surface area (Å²) >= 11 is -0.639. The van der Waals surface area contributed by atoms with Crippen molar-refractivity contribution in [1.82, 2.24) is 0 Å². The Bertz CT molecular complexity index is 459. The van der Waals surface area contributed by atoms with Crippen molar-refractivity contribution in [2.24, 2.45) is 0 Å². The van der Waals surface area contributed by atoms with E-state index in [1.807, 2.05) is 0 Å². The van der Waals surface area contributed by atoms with Gasteiger partial charge in [-0.2, -0.15) is 22.0 Å². The molecule has 0 fully saturated rings. The predicted octanol–water partition coefficient (Wildman–Crippen LogP) is 4.49. The second kappa shape index (κ2) is 6.23. The van der Waals surface area contributed by atoms with Crippen LogP contribution in [0, 0.1) is 0 Å². The van der Waals surface area contributed by atoms with Gasteiger partial charge in [-0.1, -0.05) is 19.1 Å². The molecule has 0 aromatic heterocycles. The Morgan fingerprint density at radius 1 is 1.37 bits per heavy atom. The predicted molar refractivity (Wildman–Crippen MR) is 59.6 cm³/mol. The summed E-state index contributed by atoms with van der Waals surface area (Å²) in [5.41, 5.74) is -4.98. The van der Waals surface area contributed by atoms with Crippen molar-refractivity contribution >= 4 is 17.5 Å². The van der Waals surface area contributed by atoms with Crippen molar-refractivity contribution in [3.05, 3.63) is 23.8 Å². The maximum absolute atomic E-state index is 12.4. The third kappa shape index (κ3) is 4.70. The molecule has 0 spiro atoms. The molecular weight excluding hydrogens is 291 g/mol. The molecule has 0 saturated carbocycles. The van der Waals surface area contributed by atoms with Gasteiger partial charge in [0.15, 0.2) is 5.78 Å². The van der Waals surface area contributed by atoms with Gasteiger partial charge in [0, 0.05) is 12.0 Å². The number of carbonyl (C=O) groups is 1. The molecule has 0 aliphatic carbocycles. The number of thioether (sulfide) groups is 1. The minimum atomic E-state index is -4.70. The van der Waals surface area contributed by atoms with Crippen LogP contribution in [-0.2, 0) is 0 Å². The molecule has 0 saturated heterocycles. The maximum atomic E-state index is 12.4. The molecule has 2 nitrogen and oxygen atoms in total. The summed E-state index contributed by atoms with van der Waals surface area (Å²) in [6.07, 6.45) is -0.0381. The molecule has 0 aliphatic heterocycles. The number of hydrogen-bond donors (Lipinski definition) is 0. The first kappa shape index (κ1) is 15.7. The maximum Gasteiger partial charge on any atom is 0.446 e. The van der Waals surface area contributed by atoms with Crippen LogP contribution in [0.2, 0.25) is 0 Å². The van der Waals surface area contributed by atoms with E-state index in [-0.39, 0.29) is 12.0 Å². The van der Waals surface area contributed by atoms with Crippen LogP contribution in [0.15, 0.2) is 23.1 Å². The summed E-state index contributed by atoms with van der Waals surface area (Å²) in [5.74, 6) is -1.23. The number of rotatable bonds is 5. The first-order valence-electron chi connectivity index (χ1n) is 5.11. The molecular formula is C11H9F5O2S. The van der Waals surface area contributed by atoms with Gasteiger partial charge in [-0.15, -0.1) is 0 Å². The van der Waals surface area contributed by atoms with Crippen molar-refractivity contribution in [2.45, 2.75) is 30.4 Å². The average Bonchev–Trinajstić information content (AvgIpc) is 2.28. The lowest BCUT2D eigenvalue weighted by atomic mass is 10.1. The monoisotopic (exact) mass is 300 g/mol. The summed E-state index contributed by atoms with van der Waals surface area (Å²) in [6, 6.07) is 3.31. The van der Waals surface area contributed by atoms with Crippen LogP contribution in [0.25, 0.3) is 0 Å². The lowest BCUT2D eigenvalue weighted by Crippen LogP contribution is -2.09. The fourth-order valence-electron chi connectivity index (χ4n) is 1.34. The van der Waals surface area contributed by atoms with E-state index in [0.29, 0.717) is 0 Å². The Labute approximate surface area is 109 Å². The molecule has 0 atom stereocenters. The van der Waals surface area contributed by atoms with E-state index < -0.39 is 40.3 Å². The molecule has 0 aliphatic rings. The minimum Gasteiger partial charge on any atom is -0.434 e. The standard InChI is InChI=1S/C11H9F5O2S/c1-2-7(17)6-4-3-5-8(18-10(12)13)9(6)19-11(14,15)16/h3-5,10H,2H2,1H3. The number of hydrogen-bond acceptors (Lipinski definition) is 3. The van der Waals surface area contributed by atoms with Gasteiger partial charge in [0.1, 0.15) is 5.75 Å². The number of ketones is 1. The van der Waals surface area contributed by atoms with Crippen LogP contribution < -0.4 is 4.74 Å². The van der Waals surface area contributed by atoms with E-state index in [9.17, 15) is 26.7 Å². The highest BCUT2D eigenvalue weighted by atomic mass is 32.2. The summed E-state index contributed by atoms with van der Waals surface area (Å²) < 4.78 is 65.6. The number of benzene rings is 1. The van der Waals surface area contributed by atoms with Crippen molar-refractivity contribution in [2.75, 3.05) is 0 Å². The van der Waals surface area contributed by atoms with Gasteiger partial charge in [0.25, 0.3) is 0 Å². The van der Waals surface area contributed by atoms with Crippen LogP contribution in [-0.4, -0.2) is 17.9 Å². The SMILES string of the molecule is CCC(=O)c1cccc(OC(F)F)c1SC(F)(F)F. The zero-order chi connectivity index (χ0) is 14.6. The van der Waals surface area contributed by atoms with Crippen molar-refractivity contribution in [3.63, 3.8) is 0 Å². The van der Waals surface area contributed by atoms with Gasteiger partial charge < -0.3 is 4.74 Å². The highest BCUT2D eigenvalue weighted by Gasteiger charge is 2.33. The topological polar surface area (TPSA) is 26.3 Å². The molecule has 8 heteroatoms. The second-order valence-electron chi connectivity index (χ2n) is 3.34. The second-order valence-corrected chi connectivity index (χ2v) is 4.41. The Morgan fingerprint density at radius 3 is 2.47 bits per heavy atom. The van der Waals surface area contributed by atoms with E-state index in [1.54, 1.807) is 0 Å². The molecule has 19 heavy (non-hydrogen) atoms. The normalized spacial score (nSPS) is 11.7. The van der Waals surface area contributed by atoms with Crippen LogP contribution in [0.1, 0.15) is 23.7 Å². The molecule has 0 amide bonds. The number of halogens is 5. The first-order valence-corrected chi connectivity index (χ1v) is 5.93. The van der Waals surface area contributed by atoms with E-state index in [2.05, 4.69) is 4.74 Å². The number of ether oxygens (including phenoxy) is 1. The fourth-order valence-corrected chi connectivity index (χ4v) is 2.08. The Kier molecular flexibility index (Phi) is 5.16. The third-order valence-electron chi connectivity index (χ3n) is 2.03. The highest BCUT2D eigenvalue weighted by Crippen LogP contribution is 2.44. The lowest BCUT2D eigenvalue weighted by molar-refractivity contribution is -0.0528. The van der Waals surface area contributed by atoms with E-state index in [0.717, 1.165) is 12.1 Å². The minimum absolute atomic E-state index is 0.0381. The Morgan fingerprint density at radius 2 is 2.00 bits per heavy atom. The zero-order valence-corrected chi connectivity index (χ0v) is 10.4. The highest BCUT2D eigenvalue weighted by molar-refractivity contribution is 8.00. The Hall–Kier alpha value is -1.31. The van der Waals surface area contributed by atoms with Crippen molar-refractivity contribution in [1.29, 1.82) is 0 Å². The number of alkyl halides is 5. The van der Waals surface area contributed by atoms with Crippen LogP contribution in [0.4, 0.5) is 22.0 Å². The molecule has 0 radical (unpaired) electrons. The summed E-state index contributed by atoms with van der Waals surface area (Å²) in [4.78, 5) is 10.9. The van der Waals surface area contributed by atoms with E-state index in [4.69, 9.17) is 0 Å². The van der Waals surface area contributed by atoms with E-state index >= 15 is 0 Å². The largest absolute Gasteiger partial charge is 0.446 e. The van der Waals surface area contributed by atoms with Crippen LogP contribution in [0.3, 0.4) is 0 Å². The van der Waals surface area contributed by atoms with Gasteiger partial charge in [-0.25, -0.2) is 0 Å². The van der Waals surface area contributed by atoms with Crippen molar-refractivity contribution < 1.29 is 31.5 Å². The fraction of sp³-hybridized carbons (Fsp3) is 0.364. The number of Topliss-reactive ketones (excluding diaryl/α,β-unsaturated/α-hetero) is 1. The molecule has 0 N–H and O–H groups in total. The molecule has 1 rings (SSSR count). The molecule has 0 heterocycles. The van der Waals surface area contributed by atoms with Crippen LogP contribution in [0.5, 0.6) is 5.75 Å².